The fourth-order valence-corrected chi connectivity index (χ4v) is 0.506. The molecule has 3 heteroatoms. The summed E-state index contributed by atoms with van der Waals surface area (Å²) >= 11 is 5.37. The van der Waals surface area contributed by atoms with E-state index in [1.54, 1.807) is 6.92 Å². The topological polar surface area (TPSA) is 32.6 Å². The molecule has 8 heavy (non-hydrogen) atoms. The summed E-state index contributed by atoms with van der Waals surface area (Å²) in [7, 11) is 0. The first-order valence-corrected chi connectivity index (χ1v) is 3.08. The molecular formula is C5H10ClNO. The van der Waals surface area contributed by atoms with E-state index in [-0.39, 0.29) is 0 Å². The van der Waals surface area contributed by atoms with Crippen molar-refractivity contribution >= 4 is 17.3 Å². The number of oxime groups is 1. The van der Waals surface area contributed by atoms with Crippen LogP contribution in [-0.4, -0.2) is 16.8 Å². The summed E-state index contributed by atoms with van der Waals surface area (Å²) in [4.78, 5) is 0. The van der Waals surface area contributed by atoms with Crippen molar-refractivity contribution in [2.75, 3.05) is 5.88 Å². The van der Waals surface area contributed by atoms with E-state index in [0.717, 1.165) is 18.6 Å². The second-order valence-electron chi connectivity index (χ2n) is 1.63. The highest BCUT2D eigenvalue weighted by atomic mass is 35.5. The Labute approximate surface area is 54.1 Å². The summed E-state index contributed by atoms with van der Waals surface area (Å²) in [5.41, 5.74) is 0.741. The zero-order chi connectivity index (χ0) is 6.41. The van der Waals surface area contributed by atoms with Crippen LogP contribution in [0.4, 0.5) is 0 Å². The molecule has 48 valence electrons. The molecule has 0 rings (SSSR count). The van der Waals surface area contributed by atoms with Crippen LogP contribution in [0.15, 0.2) is 5.16 Å². The smallest absolute Gasteiger partial charge is 0.0540 e. The number of rotatable bonds is 3. The Morgan fingerprint density at radius 1 is 1.75 bits per heavy atom. The maximum absolute atomic E-state index is 8.11. The third-order valence-corrected chi connectivity index (χ3v) is 1.11. The van der Waals surface area contributed by atoms with Gasteiger partial charge in [-0.3, -0.25) is 0 Å². The molecule has 0 aromatic carbocycles. The SMILES string of the molecule is C/C(CCCCl)=N\O. The van der Waals surface area contributed by atoms with Crippen LogP contribution in [0.25, 0.3) is 0 Å². The summed E-state index contributed by atoms with van der Waals surface area (Å²) in [6.07, 6.45) is 1.68. The molecule has 0 amide bonds. The standard InChI is InChI=1S/C5H10ClNO/c1-5(7-8)3-2-4-6/h8H,2-4H2,1H3/b7-5+. The Morgan fingerprint density at radius 3 is 2.75 bits per heavy atom. The number of hydrogen-bond donors (Lipinski definition) is 1. The van der Waals surface area contributed by atoms with Crippen LogP contribution < -0.4 is 0 Å². The van der Waals surface area contributed by atoms with Gasteiger partial charge in [-0.1, -0.05) is 5.16 Å². The van der Waals surface area contributed by atoms with Crippen molar-refractivity contribution in [2.24, 2.45) is 5.16 Å². The van der Waals surface area contributed by atoms with Gasteiger partial charge in [0.1, 0.15) is 0 Å². The van der Waals surface area contributed by atoms with Crippen molar-refractivity contribution in [3.8, 4) is 0 Å². The van der Waals surface area contributed by atoms with Gasteiger partial charge in [-0.2, -0.15) is 0 Å². The summed E-state index contributed by atoms with van der Waals surface area (Å²) in [5, 5.41) is 11.1. The fourth-order valence-electron chi connectivity index (χ4n) is 0.373. The van der Waals surface area contributed by atoms with E-state index in [0.29, 0.717) is 5.88 Å². The maximum atomic E-state index is 8.11. The van der Waals surface area contributed by atoms with Crippen molar-refractivity contribution in [2.45, 2.75) is 19.8 Å². The molecular weight excluding hydrogens is 126 g/mol. The summed E-state index contributed by atoms with van der Waals surface area (Å²) in [6.45, 7) is 1.77. The average Bonchev–Trinajstić information content (AvgIpc) is 1.83. The third kappa shape index (κ3) is 3.93. The lowest BCUT2D eigenvalue weighted by Gasteiger charge is -1.90. The Morgan fingerprint density at radius 2 is 2.38 bits per heavy atom. The van der Waals surface area contributed by atoms with E-state index in [1.165, 1.54) is 0 Å². The van der Waals surface area contributed by atoms with Gasteiger partial charge in [0.25, 0.3) is 0 Å². The zero-order valence-electron chi connectivity index (χ0n) is 4.89. The minimum absolute atomic E-state index is 0.632. The van der Waals surface area contributed by atoms with Crippen molar-refractivity contribution in [1.82, 2.24) is 0 Å². The molecule has 0 radical (unpaired) electrons. The summed E-state index contributed by atoms with van der Waals surface area (Å²) in [6, 6.07) is 0. The minimum Gasteiger partial charge on any atom is -0.411 e. The molecule has 0 fully saturated rings. The lowest BCUT2D eigenvalue weighted by molar-refractivity contribution is 0.317. The van der Waals surface area contributed by atoms with Gasteiger partial charge in [-0.15, -0.1) is 11.6 Å². The zero-order valence-corrected chi connectivity index (χ0v) is 5.65. The van der Waals surface area contributed by atoms with E-state index < -0.39 is 0 Å². The first kappa shape index (κ1) is 7.76. The van der Waals surface area contributed by atoms with Crippen LogP contribution in [-0.2, 0) is 0 Å². The quantitative estimate of drug-likeness (QED) is 0.273. The average molecular weight is 136 g/mol. The van der Waals surface area contributed by atoms with Crippen LogP contribution in [0.5, 0.6) is 0 Å². The van der Waals surface area contributed by atoms with Gasteiger partial charge in [0.2, 0.25) is 0 Å². The van der Waals surface area contributed by atoms with Gasteiger partial charge < -0.3 is 5.21 Å². The van der Waals surface area contributed by atoms with Crippen molar-refractivity contribution in [1.29, 1.82) is 0 Å². The predicted octanol–water partition coefficient (Wildman–Crippen LogP) is 1.86. The highest BCUT2D eigenvalue weighted by molar-refractivity contribution is 6.17. The highest BCUT2D eigenvalue weighted by Gasteiger charge is 1.88. The van der Waals surface area contributed by atoms with Gasteiger partial charge in [0.05, 0.1) is 5.71 Å². The molecule has 0 aromatic rings. The molecule has 0 heterocycles. The van der Waals surface area contributed by atoms with Gasteiger partial charge in [-0.05, 0) is 19.8 Å². The molecule has 0 saturated carbocycles. The molecule has 2 nitrogen and oxygen atoms in total. The van der Waals surface area contributed by atoms with Crippen LogP contribution in [0, 0.1) is 0 Å². The monoisotopic (exact) mass is 135 g/mol. The lowest BCUT2D eigenvalue weighted by Crippen LogP contribution is -1.90. The second-order valence-corrected chi connectivity index (χ2v) is 2.01. The predicted molar refractivity (Wildman–Crippen MR) is 34.8 cm³/mol. The van der Waals surface area contributed by atoms with Gasteiger partial charge >= 0.3 is 0 Å². The van der Waals surface area contributed by atoms with Crippen LogP contribution >= 0.6 is 11.6 Å². The summed E-state index contributed by atoms with van der Waals surface area (Å²) in [5.74, 6) is 0.632. The van der Waals surface area contributed by atoms with E-state index in [4.69, 9.17) is 16.8 Å². The van der Waals surface area contributed by atoms with E-state index in [1.807, 2.05) is 0 Å². The molecule has 0 aliphatic carbocycles. The third-order valence-electron chi connectivity index (χ3n) is 0.843. The molecule has 0 bridgehead atoms. The van der Waals surface area contributed by atoms with Gasteiger partial charge in [0.15, 0.2) is 0 Å². The first-order chi connectivity index (χ1) is 3.81. The van der Waals surface area contributed by atoms with Gasteiger partial charge in [-0.25, -0.2) is 0 Å². The molecule has 0 aliphatic rings. The molecule has 0 spiro atoms. The summed E-state index contributed by atoms with van der Waals surface area (Å²) < 4.78 is 0. The van der Waals surface area contributed by atoms with E-state index in [2.05, 4.69) is 5.16 Å². The number of nitrogens with zero attached hydrogens (tertiary/aromatic N) is 1. The number of hydrogen-bond acceptors (Lipinski definition) is 2. The minimum atomic E-state index is 0.632. The Kier molecular flexibility index (Phi) is 4.76. The Hall–Kier alpha value is -0.240. The van der Waals surface area contributed by atoms with Crippen LogP contribution in [0.2, 0.25) is 0 Å². The maximum Gasteiger partial charge on any atom is 0.0540 e. The Bertz CT molecular complexity index is 82.5. The van der Waals surface area contributed by atoms with Crippen LogP contribution in [0.1, 0.15) is 19.8 Å². The largest absolute Gasteiger partial charge is 0.411 e. The van der Waals surface area contributed by atoms with Crippen molar-refractivity contribution in [3.63, 3.8) is 0 Å². The first-order valence-electron chi connectivity index (χ1n) is 2.54. The van der Waals surface area contributed by atoms with E-state index in [9.17, 15) is 0 Å². The van der Waals surface area contributed by atoms with E-state index >= 15 is 0 Å². The van der Waals surface area contributed by atoms with Crippen molar-refractivity contribution in [3.05, 3.63) is 0 Å². The second kappa shape index (κ2) is 4.91. The lowest BCUT2D eigenvalue weighted by atomic mass is 10.2. The molecule has 1 N–H and O–H groups in total. The normalized spacial score (nSPS) is 12.0. The molecule has 0 aromatic heterocycles. The van der Waals surface area contributed by atoms with Crippen molar-refractivity contribution < 1.29 is 5.21 Å². The van der Waals surface area contributed by atoms with Crippen LogP contribution in [0.3, 0.4) is 0 Å². The molecule has 0 aliphatic heterocycles. The number of alkyl halides is 1. The molecule has 0 unspecified atom stereocenters. The highest BCUT2D eigenvalue weighted by Crippen LogP contribution is 1.93. The van der Waals surface area contributed by atoms with Gasteiger partial charge in [0, 0.05) is 5.88 Å². The molecule has 0 saturated heterocycles. The number of halogens is 1. The fraction of sp³-hybridized carbons (Fsp3) is 0.800. The Balaban J connectivity index is 3.12. The molecule has 0 atom stereocenters.